The third-order valence-corrected chi connectivity index (χ3v) is 13.6. The van der Waals surface area contributed by atoms with Gasteiger partial charge in [-0.25, -0.2) is 15.0 Å². The van der Waals surface area contributed by atoms with Crippen LogP contribution in [0, 0.1) is 5.41 Å². The molecule has 0 aliphatic carbocycles. The van der Waals surface area contributed by atoms with Crippen LogP contribution in [-0.2, 0) is 6.42 Å². The number of nitrogens with two attached hydrogens (primary N) is 1. The van der Waals surface area contributed by atoms with Gasteiger partial charge in [-0.15, -0.1) is 0 Å². The number of nitrogen functional groups attached to an aromatic ring is 1. The number of nitrogens with zero attached hydrogens (tertiary/aromatic N) is 6. The average Bonchev–Trinajstić information content (AvgIpc) is 4.36. The third-order valence-electron chi connectivity index (χ3n) is 13.6. The first kappa shape index (κ1) is 48.5. The van der Waals surface area contributed by atoms with Gasteiger partial charge in [0.25, 0.3) is 5.91 Å². The Labute approximate surface area is 438 Å². The maximum Gasteiger partial charge on any atom is 0.255 e. The number of aromatic nitrogens is 6. The molecule has 11 rings (SSSR count). The Balaban J connectivity index is 0.930. The second-order valence-corrected chi connectivity index (χ2v) is 18.9. The molecule has 0 radical (unpaired) electrons. The number of hydrogen-bond donors (Lipinski definition) is 6. The van der Waals surface area contributed by atoms with Gasteiger partial charge in [0, 0.05) is 63.1 Å². The van der Waals surface area contributed by atoms with Gasteiger partial charge in [-0.05, 0) is 125 Å². The summed E-state index contributed by atoms with van der Waals surface area (Å²) in [6.07, 6.45) is 19.3. The van der Waals surface area contributed by atoms with E-state index in [0.717, 1.165) is 69.7 Å². The second kappa shape index (κ2) is 21.0. The molecule has 1 amide bonds. The number of rotatable bonds is 16. The van der Waals surface area contributed by atoms with Crippen molar-refractivity contribution in [3.8, 4) is 45.1 Å². The molecule has 0 atom stereocenters. The van der Waals surface area contributed by atoms with Gasteiger partial charge in [0.1, 0.15) is 22.7 Å². The van der Waals surface area contributed by atoms with E-state index >= 15 is 0 Å². The summed E-state index contributed by atoms with van der Waals surface area (Å²) in [6.45, 7) is 14.8. The van der Waals surface area contributed by atoms with Crippen molar-refractivity contribution >= 4 is 62.9 Å². The lowest BCUT2D eigenvalue weighted by Crippen LogP contribution is -2.21. The van der Waals surface area contributed by atoms with E-state index in [9.17, 15) is 10.2 Å². The first-order valence-electron chi connectivity index (χ1n) is 25.0. The Hall–Kier alpha value is -9.73. The van der Waals surface area contributed by atoms with Crippen molar-refractivity contribution in [2.24, 2.45) is 4.99 Å². The molecule has 2 aliphatic heterocycles. The van der Waals surface area contributed by atoms with Crippen LogP contribution in [0.3, 0.4) is 0 Å². The van der Waals surface area contributed by atoms with E-state index in [-0.39, 0.29) is 11.6 Å². The summed E-state index contributed by atoms with van der Waals surface area (Å²) in [6, 6.07) is 30.5. The van der Waals surface area contributed by atoms with Gasteiger partial charge in [-0.1, -0.05) is 78.9 Å². The summed E-state index contributed by atoms with van der Waals surface area (Å²) >= 11 is 0. The lowest BCUT2D eigenvalue weighted by molar-refractivity contribution is 0.0966. The highest BCUT2D eigenvalue weighted by Gasteiger charge is 2.25. The number of benzene rings is 3. The van der Waals surface area contributed by atoms with Crippen molar-refractivity contribution < 1.29 is 13.6 Å². The summed E-state index contributed by atoms with van der Waals surface area (Å²) < 4.78 is 11.9. The number of nitrogens with one attached hydrogen (secondary N) is 5. The van der Waals surface area contributed by atoms with Gasteiger partial charge in [0.2, 0.25) is 0 Å². The SMILES string of the molecule is C=C/C=C(\C=C(/C)CN1CCCC1)c1ccc(N)c(C(=N)C2=CCc3c(cccc3-c3coc(-c4cc(C(/C=C(\C)NC(=O)c5ccccc5)=C/N=C)nc5c(-c6nc7c(-c8ccoc8)cccc7[nH]6)n[nH]c45)c3)N2)n1. The monoisotopic (exact) mass is 1000 g/mol. The first-order chi connectivity index (χ1) is 37.1. The van der Waals surface area contributed by atoms with Gasteiger partial charge in [-0.2, -0.15) is 5.10 Å². The van der Waals surface area contributed by atoms with E-state index in [0.29, 0.717) is 85.6 Å². The molecule has 0 saturated carbocycles. The summed E-state index contributed by atoms with van der Waals surface area (Å²) in [7, 11) is 0. The van der Waals surface area contributed by atoms with E-state index in [1.165, 1.54) is 18.4 Å². The minimum Gasteiger partial charge on any atom is -0.472 e. The molecule has 9 aromatic rings. The number of H-pyrrole nitrogens is 2. The van der Waals surface area contributed by atoms with Crippen molar-refractivity contribution in [2.75, 3.05) is 30.7 Å². The van der Waals surface area contributed by atoms with Crippen LogP contribution in [0.25, 0.3) is 78.3 Å². The summed E-state index contributed by atoms with van der Waals surface area (Å²) in [5, 5.41) is 24.0. The fourth-order valence-corrected chi connectivity index (χ4v) is 9.96. The lowest BCUT2D eigenvalue weighted by Gasteiger charge is -2.22. The Morgan fingerprint density at radius 1 is 0.882 bits per heavy atom. The standard InChI is InChI=1S/C61H54N12O3/c1-5-13-39(28-36(2)33-73-25-9-10-26-73)48-23-21-47(62)57(67-48)54(63)50-22-20-45-43(16-11-18-49(45)66-50)42-30-53(76-35-42)46-31-52(41(32-64-4)29-37(3)65-61(74)38-14-7-6-8-15-38)68-58-56(46)71-72-59(58)60-69-51-19-12-17-44(55(51)70-60)40-24-27-75-34-40/h5-8,11-19,21-24,27-32,34-35,63,66H,1,4,9-10,20,25-26,33,62H2,2-3H3,(H,65,74)(H,69,70)(H,71,72)/b36-28+,37-29+,39-13+,41-32+,63-54?. The van der Waals surface area contributed by atoms with E-state index in [4.69, 9.17) is 34.6 Å². The first-order valence-corrected chi connectivity index (χ1v) is 25.0. The van der Waals surface area contributed by atoms with Gasteiger partial charge in [0.05, 0.1) is 58.1 Å². The molecule has 0 spiro atoms. The van der Waals surface area contributed by atoms with E-state index in [1.807, 2.05) is 91.0 Å². The number of hydrogen-bond acceptors (Lipinski definition) is 12. The van der Waals surface area contributed by atoms with Crippen molar-refractivity contribution in [1.29, 1.82) is 5.41 Å². The quantitative estimate of drug-likeness (QED) is 0.0398. The van der Waals surface area contributed by atoms with Crippen LogP contribution in [0.5, 0.6) is 0 Å². The topological polar surface area (TPSA) is 216 Å². The summed E-state index contributed by atoms with van der Waals surface area (Å²) in [5.74, 6) is 0.792. The molecule has 8 heterocycles. The molecule has 1 fully saturated rings. The molecule has 3 aromatic carbocycles. The number of fused-ring (bicyclic) bond motifs is 3. The number of likely N-dealkylation sites (tertiary alicyclic amines) is 1. The van der Waals surface area contributed by atoms with Crippen molar-refractivity contribution in [3.63, 3.8) is 0 Å². The van der Waals surface area contributed by atoms with E-state index in [1.54, 1.807) is 56.2 Å². The fraction of sp³-hybridized carbons (Fsp3) is 0.131. The fourth-order valence-electron chi connectivity index (χ4n) is 9.96. The number of amides is 1. The molecule has 0 bridgehead atoms. The summed E-state index contributed by atoms with van der Waals surface area (Å²) in [5.41, 5.74) is 22.5. The van der Waals surface area contributed by atoms with Gasteiger partial charge < -0.3 is 30.2 Å². The predicted molar refractivity (Wildman–Crippen MR) is 304 cm³/mol. The van der Waals surface area contributed by atoms with Gasteiger partial charge >= 0.3 is 0 Å². The van der Waals surface area contributed by atoms with Crippen LogP contribution in [0.15, 0.2) is 190 Å². The number of allylic oxidation sites excluding steroid dienone is 9. The number of anilines is 2. The number of pyridine rings is 2. The summed E-state index contributed by atoms with van der Waals surface area (Å²) in [4.78, 5) is 38.5. The van der Waals surface area contributed by atoms with Crippen LogP contribution < -0.4 is 16.4 Å². The molecule has 2 aliphatic rings. The smallest absolute Gasteiger partial charge is 0.255 e. The van der Waals surface area contributed by atoms with E-state index < -0.39 is 0 Å². The maximum absolute atomic E-state index is 13.2. The average molecular weight is 1000 g/mol. The minimum absolute atomic E-state index is 0.192. The zero-order valence-electron chi connectivity index (χ0n) is 42.1. The zero-order valence-corrected chi connectivity index (χ0v) is 42.1. The molecular formula is C61H54N12O3. The van der Waals surface area contributed by atoms with Crippen molar-refractivity contribution in [1.82, 2.24) is 40.3 Å². The van der Waals surface area contributed by atoms with Crippen LogP contribution >= 0.6 is 0 Å². The molecule has 76 heavy (non-hydrogen) atoms. The molecule has 0 unspecified atom stereocenters. The third kappa shape index (κ3) is 9.77. The lowest BCUT2D eigenvalue weighted by atomic mass is 9.93. The predicted octanol–water partition coefficient (Wildman–Crippen LogP) is 12.6. The highest BCUT2D eigenvalue weighted by atomic mass is 16.3. The number of furan rings is 2. The minimum atomic E-state index is -0.253. The zero-order chi connectivity index (χ0) is 52.3. The van der Waals surface area contributed by atoms with Crippen molar-refractivity contribution in [2.45, 2.75) is 33.1 Å². The van der Waals surface area contributed by atoms with Crippen LogP contribution in [0.1, 0.15) is 59.7 Å². The number of aliphatic imine (C=N–C) groups is 1. The number of carbonyl (C=O) groups excluding carboxylic acids is 1. The Kier molecular flexibility index (Phi) is 13.4. The number of imidazole rings is 1. The van der Waals surface area contributed by atoms with Crippen LogP contribution in [0.2, 0.25) is 0 Å². The van der Waals surface area contributed by atoms with E-state index in [2.05, 4.69) is 63.0 Å². The van der Waals surface area contributed by atoms with Crippen molar-refractivity contribution in [3.05, 3.63) is 204 Å². The highest BCUT2D eigenvalue weighted by Crippen LogP contribution is 2.40. The number of para-hydroxylation sites is 1. The Morgan fingerprint density at radius 3 is 2.51 bits per heavy atom. The van der Waals surface area contributed by atoms with Gasteiger partial charge in [0.15, 0.2) is 11.5 Å². The largest absolute Gasteiger partial charge is 0.472 e. The van der Waals surface area contributed by atoms with Gasteiger partial charge in [-0.3, -0.25) is 25.2 Å². The number of carbonyl (C=O) groups is 1. The molecular weight excluding hydrogens is 949 g/mol. The molecule has 15 heteroatoms. The molecule has 15 nitrogen and oxygen atoms in total. The Morgan fingerprint density at radius 2 is 1.71 bits per heavy atom. The Bertz CT molecular complexity index is 3900. The highest BCUT2D eigenvalue weighted by molar-refractivity contribution is 6.14. The molecule has 1 saturated heterocycles. The molecule has 7 N–H and O–H groups in total. The molecule has 6 aromatic heterocycles. The van der Waals surface area contributed by atoms with Crippen LogP contribution in [-0.4, -0.2) is 73.0 Å². The molecule has 376 valence electrons. The second-order valence-electron chi connectivity index (χ2n) is 18.9. The number of aromatic amines is 2. The maximum atomic E-state index is 13.2. The normalized spacial score (nSPS) is 14.4. The van der Waals surface area contributed by atoms with Crippen LogP contribution in [0.4, 0.5) is 11.4 Å².